The van der Waals surface area contributed by atoms with Crippen LogP contribution in [0.25, 0.3) is 0 Å². The normalized spacial score (nSPS) is 21.2. The standard InChI is InChI=1S/C15H31N3O2/c1-5-18(6-2)13(9-12(3)4)10-17-15(19)14-11-16-7-8-20-14/h12-14,16H,5-11H2,1-4H3,(H,17,19). The lowest BCUT2D eigenvalue weighted by Gasteiger charge is -2.32. The van der Waals surface area contributed by atoms with Gasteiger partial charge in [-0.25, -0.2) is 0 Å². The highest BCUT2D eigenvalue weighted by Crippen LogP contribution is 2.11. The zero-order valence-corrected chi connectivity index (χ0v) is 13.4. The van der Waals surface area contributed by atoms with E-state index in [0.717, 1.165) is 26.1 Å². The van der Waals surface area contributed by atoms with Gasteiger partial charge in [0.2, 0.25) is 0 Å². The third-order valence-corrected chi connectivity index (χ3v) is 3.80. The maximum Gasteiger partial charge on any atom is 0.250 e. The topological polar surface area (TPSA) is 53.6 Å². The van der Waals surface area contributed by atoms with Crippen LogP contribution in [0.4, 0.5) is 0 Å². The summed E-state index contributed by atoms with van der Waals surface area (Å²) in [7, 11) is 0. The number of ether oxygens (including phenoxy) is 1. The van der Waals surface area contributed by atoms with Crippen molar-refractivity contribution in [3.05, 3.63) is 0 Å². The van der Waals surface area contributed by atoms with Crippen LogP contribution in [0.15, 0.2) is 0 Å². The van der Waals surface area contributed by atoms with Crippen molar-refractivity contribution in [2.75, 3.05) is 39.3 Å². The third kappa shape index (κ3) is 5.77. The first-order valence-corrected chi connectivity index (χ1v) is 7.92. The number of likely N-dealkylation sites (N-methyl/N-ethyl adjacent to an activating group) is 1. The van der Waals surface area contributed by atoms with Crippen molar-refractivity contribution < 1.29 is 9.53 Å². The zero-order valence-electron chi connectivity index (χ0n) is 13.4. The first kappa shape index (κ1) is 17.4. The molecule has 0 aromatic rings. The molecule has 0 spiro atoms. The first-order chi connectivity index (χ1) is 9.58. The molecule has 1 aliphatic rings. The van der Waals surface area contributed by atoms with Gasteiger partial charge in [0.05, 0.1) is 6.61 Å². The Morgan fingerprint density at radius 2 is 2.10 bits per heavy atom. The van der Waals surface area contributed by atoms with Crippen LogP contribution in [-0.2, 0) is 9.53 Å². The highest BCUT2D eigenvalue weighted by Gasteiger charge is 2.23. The Hall–Kier alpha value is -0.650. The molecule has 20 heavy (non-hydrogen) atoms. The van der Waals surface area contributed by atoms with E-state index in [4.69, 9.17) is 4.74 Å². The lowest BCUT2D eigenvalue weighted by Crippen LogP contribution is -2.51. The van der Waals surface area contributed by atoms with Gasteiger partial charge in [-0.1, -0.05) is 27.7 Å². The van der Waals surface area contributed by atoms with Gasteiger partial charge in [-0.2, -0.15) is 0 Å². The number of hydrogen-bond acceptors (Lipinski definition) is 4. The second kappa shape index (κ2) is 9.32. The predicted molar refractivity (Wildman–Crippen MR) is 81.8 cm³/mol. The summed E-state index contributed by atoms with van der Waals surface area (Å²) in [6, 6.07) is 0.408. The maximum absolute atomic E-state index is 12.1. The second-order valence-corrected chi connectivity index (χ2v) is 5.81. The predicted octanol–water partition coefficient (Wildman–Crippen LogP) is 0.848. The number of carbonyl (C=O) groups is 1. The molecule has 0 aromatic carbocycles. The quantitative estimate of drug-likeness (QED) is 0.694. The Labute approximate surface area is 123 Å². The zero-order chi connectivity index (χ0) is 15.0. The van der Waals surface area contributed by atoms with Crippen molar-refractivity contribution >= 4 is 5.91 Å². The molecule has 5 heteroatoms. The van der Waals surface area contributed by atoms with Gasteiger partial charge in [0, 0.05) is 25.7 Å². The van der Waals surface area contributed by atoms with E-state index in [9.17, 15) is 4.79 Å². The minimum absolute atomic E-state index is 0.0121. The number of nitrogens with one attached hydrogen (secondary N) is 2. The van der Waals surface area contributed by atoms with Gasteiger partial charge < -0.3 is 15.4 Å². The molecule has 1 amide bonds. The number of carbonyl (C=O) groups excluding carboxylic acids is 1. The molecule has 118 valence electrons. The first-order valence-electron chi connectivity index (χ1n) is 7.92. The van der Waals surface area contributed by atoms with Gasteiger partial charge in [-0.05, 0) is 25.4 Å². The summed E-state index contributed by atoms with van der Waals surface area (Å²) < 4.78 is 5.48. The molecule has 2 unspecified atom stereocenters. The molecule has 0 aromatic heterocycles. The highest BCUT2D eigenvalue weighted by molar-refractivity contribution is 5.81. The van der Waals surface area contributed by atoms with Crippen molar-refractivity contribution in [3.8, 4) is 0 Å². The minimum Gasteiger partial charge on any atom is -0.366 e. The SMILES string of the molecule is CCN(CC)C(CNC(=O)C1CNCCO1)CC(C)C. The number of hydrogen-bond donors (Lipinski definition) is 2. The lowest BCUT2D eigenvalue weighted by molar-refractivity contribution is -0.134. The second-order valence-electron chi connectivity index (χ2n) is 5.81. The van der Waals surface area contributed by atoms with Crippen LogP contribution in [0.3, 0.4) is 0 Å². The van der Waals surface area contributed by atoms with Crippen LogP contribution < -0.4 is 10.6 Å². The molecule has 2 N–H and O–H groups in total. The molecule has 0 saturated carbocycles. The summed E-state index contributed by atoms with van der Waals surface area (Å²) in [6.45, 7) is 13.6. The summed E-state index contributed by atoms with van der Waals surface area (Å²) in [6.07, 6.45) is 0.770. The molecule has 1 saturated heterocycles. The van der Waals surface area contributed by atoms with E-state index in [1.807, 2.05) is 0 Å². The van der Waals surface area contributed by atoms with Gasteiger partial charge in [-0.3, -0.25) is 9.69 Å². The minimum atomic E-state index is -0.333. The average Bonchev–Trinajstić information content (AvgIpc) is 2.45. The Morgan fingerprint density at radius 3 is 2.60 bits per heavy atom. The Kier molecular flexibility index (Phi) is 8.11. The summed E-state index contributed by atoms with van der Waals surface area (Å²) >= 11 is 0. The Morgan fingerprint density at radius 1 is 1.40 bits per heavy atom. The van der Waals surface area contributed by atoms with Crippen LogP contribution in [0.2, 0.25) is 0 Å². The van der Waals surface area contributed by atoms with E-state index in [0.29, 0.717) is 31.7 Å². The van der Waals surface area contributed by atoms with Crippen LogP contribution in [-0.4, -0.2) is 62.3 Å². The van der Waals surface area contributed by atoms with E-state index < -0.39 is 0 Å². The summed E-state index contributed by atoms with van der Waals surface area (Å²) in [5.74, 6) is 0.642. The maximum atomic E-state index is 12.1. The molecule has 1 fully saturated rings. The summed E-state index contributed by atoms with van der Waals surface area (Å²) in [4.78, 5) is 14.5. The van der Waals surface area contributed by atoms with Crippen molar-refractivity contribution in [1.29, 1.82) is 0 Å². The molecule has 1 heterocycles. The molecular weight excluding hydrogens is 254 g/mol. The Bertz CT molecular complexity index is 274. The van der Waals surface area contributed by atoms with E-state index >= 15 is 0 Å². The summed E-state index contributed by atoms with van der Waals surface area (Å²) in [5.41, 5.74) is 0. The fraction of sp³-hybridized carbons (Fsp3) is 0.933. The number of morpholine rings is 1. The fourth-order valence-electron chi connectivity index (χ4n) is 2.71. The monoisotopic (exact) mass is 285 g/mol. The van der Waals surface area contributed by atoms with Crippen LogP contribution >= 0.6 is 0 Å². The van der Waals surface area contributed by atoms with Crippen molar-refractivity contribution in [2.45, 2.75) is 46.3 Å². The number of amides is 1. The molecule has 5 nitrogen and oxygen atoms in total. The number of rotatable bonds is 8. The third-order valence-electron chi connectivity index (χ3n) is 3.80. The highest BCUT2D eigenvalue weighted by atomic mass is 16.5. The van der Waals surface area contributed by atoms with E-state index in [-0.39, 0.29) is 12.0 Å². The van der Waals surface area contributed by atoms with Crippen LogP contribution in [0, 0.1) is 5.92 Å². The molecule has 1 aliphatic heterocycles. The molecule has 0 aliphatic carbocycles. The Balaban J connectivity index is 2.45. The molecule has 1 rings (SSSR count). The van der Waals surface area contributed by atoms with Crippen molar-refractivity contribution in [3.63, 3.8) is 0 Å². The van der Waals surface area contributed by atoms with Crippen molar-refractivity contribution in [1.82, 2.24) is 15.5 Å². The molecule has 2 atom stereocenters. The molecule has 0 radical (unpaired) electrons. The summed E-state index contributed by atoms with van der Waals surface area (Å²) in [5, 5.41) is 6.25. The smallest absolute Gasteiger partial charge is 0.250 e. The molecule has 0 bridgehead atoms. The van der Waals surface area contributed by atoms with E-state index in [1.165, 1.54) is 0 Å². The van der Waals surface area contributed by atoms with Gasteiger partial charge in [0.25, 0.3) is 5.91 Å². The van der Waals surface area contributed by atoms with E-state index in [2.05, 4.69) is 43.2 Å². The van der Waals surface area contributed by atoms with Gasteiger partial charge in [-0.15, -0.1) is 0 Å². The van der Waals surface area contributed by atoms with Crippen LogP contribution in [0.1, 0.15) is 34.1 Å². The van der Waals surface area contributed by atoms with E-state index in [1.54, 1.807) is 0 Å². The lowest BCUT2D eigenvalue weighted by atomic mass is 10.0. The average molecular weight is 285 g/mol. The fourth-order valence-corrected chi connectivity index (χ4v) is 2.71. The van der Waals surface area contributed by atoms with Gasteiger partial charge in [0.1, 0.15) is 6.10 Å². The molecular formula is C15H31N3O2. The van der Waals surface area contributed by atoms with Gasteiger partial charge in [0.15, 0.2) is 0 Å². The van der Waals surface area contributed by atoms with Crippen molar-refractivity contribution in [2.24, 2.45) is 5.92 Å². The van der Waals surface area contributed by atoms with Gasteiger partial charge >= 0.3 is 0 Å². The number of nitrogens with zero attached hydrogens (tertiary/aromatic N) is 1. The van der Waals surface area contributed by atoms with Crippen LogP contribution in [0.5, 0.6) is 0 Å². The largest absolute Gasteiger partial charge is 0.366 e.